The Hall–Kier alpha value is -0.840. The van der Waals surface area contributed by atoms with Gasteiger partial charge in [-0.15, -0.1) is 9.35 Å². The quantitative estimate of drug-likeness (QED) is 0.110. The number of rotatable bonds is 11. The third-order valence-electron chi connectivity index (χ3n) is 3.25. The van der Waals surface area contributed by atoms with Crippen LogP contribution in [0.2, 0.25) is 0 Å². The molecule has 1 aromatic heterocycles. The Kier molecular flexibility index (Phi) is 9.71. The Labute approximate surface area is 162 Å². The van der Waals surface area contributed by atoms with Crippen LogP contribution in [-0.4, -0.2) is 60.1 Å². The van der Waals surface area contributed by atoms with Crippen LogP contribution < -0.4 is 11.2 Å². The maximum atomic E-state index is 11.8. The van der Waals surface area contributed by atoms with Gasteiger partial charge in [0, 0.05) is 10.8 Å². The fraction of sp³-hybridized carbons (Fsp3) is 0.556. The van der Waals surface area contributed by atoms with Crippen LogP contribution in [0.4, 0.5) is 0 Å². The second-order valence-corrected chi connectivity index (χ2v) is 7.39. The van der Waals surface area contributed by atoms with Gasteiger partial charge in [-0.1, -0.05) is 0 Å². The molecule has 7 N–H and O–H groups in total. The Morgan fingerprint density at radius 1 is 1.14 bits per heavy atom. The van der Waals surface area contributed by atoms with Gasteiger partial charge >= 0.3 is 31.1 Å². The van der Waals surface area contributed by atoms with Crippen molar-refractivity contribution in [2.45, 2.75) is 24.4 Å². The zero-order chi connectivity index (χ0) is 21.6. The second-order valence-electron chi connectivity index (χ2n) is 4.98. The molecule has 0 aromatic carbocycles. The Bertz CT molecular complexity index is 789. The second kappa shape index (κ2) is 11.5. The number of H-pyrrole nitrogens is 2. The highest BCUT2D eigenvalue weighted by Gasteiger charge is 2.45. The van der Waals surface area contributed by atoms with Crippen LogP contribution in [-0.2, 0) is 37.2 Å². The van der Waals surface area contributed by atoms with Gasteiger partial charge in [-0.05, 0) is 0 Å². The number of aliphatic hydroxyl groups excluding tert-OH is 2. The zero-order valence-electron chi connectivity index (χ0n) is 13.8. The Morgan fingerprint density at radius 2 is 1.79 bits per heavy atom. The number of aromatic nitrogens is 2. The summed E-state index contributed by atoms with van der Waals surface area (Å²) in [6.07, 6.45) is -4.61. The molecule has 0 bridgehead atoms. The largest absolute Gasteiger partial charge is 0.760 e. The van der Waals surface area contributed by atoms with Gasteiger partial charge in [-0.3, -0.25) is 9.78 Å². The minimum atomic E-state index is -3.17. The van der Waals surface area contributed by atoms with Gasteiger partial charge in [0.15, 0.2) is 0 Å². The van der Waals surface area contributed by atoms with Gasteiger partial charge in [0.1, 0.15) is 24.4 Å². The molecule has 1 aliphatic heterocycles. The van der Waals surface area contributed by atoms with Gasteiger partial charge < -0.3 is 34.2 Å². The van der Waals surface area contributed by atoms with Crippen molar-refractivity contribution in [1.29, 1.82) is 0 Å². The Balaban J connectivity index is 1.80. The highest BCUT2D eigenvalue weighted by Crippen LogP contribution is 2.43. The molecule has 7 unspecified atom stereocenters. The molecule has 1 aliphatic rings. The minimum Gasteiger partial charge on any atom is -0.387 e. The molecule has 1 fully saturated rings. The summed E-state index contributed by atoms with van der Waals surface area (Å²) in [5.74, 6) is 0. The van der Waals surface area contributed by atoms with Gasteiger partial charge in [-0.2, -0.15) is 4.67 Å². The lowest BCUT2D eigenvalue weighted by molar-refractivity contribution is -0.207. The highest BCUT2D eigenvalue weighted by molar-refractivity contribution is 7.42. The average Bonchev–Trinajstić information content (AvgIpc) is 2.97. The van der Waals surface area contributed by atoms with Gasteiger partial charge in [0.2, 0.25) is 0 Å². The molecule has 20 heteroatoms. The molecule has 0 aliphatic carbocycles. The molecule has 164 valence electrons. The van der Waals surface area contributed by atoms with Gasteiger partial charge in [0.25, 0.3) is 5.56 Å². The molecular formula is C9H14N2O15P3+. The summed E-state index contributed by atoms with van der Waals surface area (Å²) in [5.41, 5.74) is -1.77. The molecule has 0 radical (unpaired) electrons. The van der Waals surface area contributed by atoms with E-state index in [0.29, 0.717) is 0 Å². The predicted octanol–water partition coefficient (Wildman–Crippen LogP) is -1.28. The van der Waals surface area contributed by atoms with E-state index in [1.807, 2.05) is 4.98 Å². The summed E-state index contributed by atoms with van der Waals surface area (Å²) in [6, 6.07) is 0. The standard InChI is InChI=1S/C9H13N2O15P3/c12-5-4(2-20-27(17)23-25-29(19)26-24-28(18)22-16)21-7(6(5)13)3-1-10-9(15)11-8(3)14/h1,4-7,12-13,17-18H,2H2,(H2-,10,11,14,15,16)/p+1. The van der Waals surface area contributed by atoms with Crippen molar-refractivity contribution in [2.75, 3.05) is 6.61 Å². The number of ether oxygens (including phenoxy) is 1. The summed E-state index contributed by atoms with van der Waals surface area (Å²) in [6.45, 7) is -0.560. The summed E-state index contributed by atoms with van der Waals surface area (Å²) in [5, 5.41) is 28.0. The molecule has 1 saturated heterocycles. The van der Waals surface area contributed by atoms with Crippen molar-refractivity contribution in [1.82, 2.24) is 9.97 Å². The SMILES string of the molecule is O=c1[nH]cc(C2OC(COP(O)OO[P+](=O)OOP(O)OO)C(O)C2O)c(=O)[nH]1. The third-order valence-corrected chi connectivity index (χ3v) is 4.79. The number of hydrogen-bond donors (Lipinski definition) is 7. The molecule has 0 spiro atoms. The Morgan fingerprint density at radius 3 is 2.41 bits per heavy atom. The first-order chi connectivity index (χ1) is 13.7. The van der Waals surface area contributed by atoms with Crippen molar-refractivity contribution >= 4 is 25.5 Å². The van der Waals surface area contributed by atoms with Gasteiger partial charge in [0.05, 0.1) is 21.5 Å². The van der Waals surface area contributed by atoms with Crippen molar-refractivity contribution in [3.8, 4) is 0 Å². The average molecular weight is 483 g/mol. The van der Waals surface area contributed by atoms with E-state index in [9.17, 15) is 29.3 Å². The lowest BCUT2D eigenvalue weighted by Gasteiger charge is -2.15. The maximum absolute atomic E-state index is 11.8. The van der Waals surface area contributed by atoms with Crippen molar-refractivity contribution < 1.29 is 62.5 Å². The van der Waals surface area contributed by atoms with Crippen LogP contribution in [0.5, 0.6) is 0 Å². The lowest BCUT2D eigenvalue weighted by atomic mass is 10.0. The summed E-state index contributed by atoms with van der Waals surface area (Å²) < 4.78 is 40.4. The van der Waals surface area contributed by atoms with Crippen LogP contribution in [0.25, 0.3) is 0 Å². The third kappa shape index (κ3) is 7.11. The molecule has 0 amide bonds. The van der Waals surface area contributed by atoms with Crippen LogP contribution in [0.15, 0.2) is 15.8 Å². The minimum absolute atomic E-state index is 0.158. The molecule has 29 heavy (non-hydrogen) atoms. The van der Waals surface area contributed by atoms with Crippen LogP contribution in [0.3, 0.4) is 0 Å². The van der Waals surface area contributed by atoms with E-state index in [0.717, 1.165) is 6.20 Å². The molecule has 0 saturated carbocycles. The van der Waals surface area contributed by atoms with E-state index >= 15 is 0 Å². The van der Waals surface area contributed by atoms with Gasteiger partial charge in [-0.25, -0.2) is 10.1 Å². The van der Waals surface area contributed by atoms with Crippen molar-refractivity contribution in [3.05, 3.63) is 32.6 Å². The molecule has 2 rings (SSSR count). The number of aliphatic hydroxyl groups is 2. The van der Waals surface area contributed by atoms with E-state index in [4.69, 9.17) is 19.4 Å². The fourth-order valence-corrected chi connectivity index (χ4v) is 3.33. The molecule has 7 atom stereocenters. The van der Waals surface area contributed by atoms with Crippen molar-refractivity contribution in [3.63, 3.8) is 0 Å². The molecule has 2 heterocycles. The normalized spacial score (nSPS) is 27.0. The smallest absolute Gasteiger partial charge is 0.387 e. The number of aromatic amines is 2. The predicted molar refractivity (Wildman–Crippen MR) is 87.2 cm³/mol. The number of hydrogen-bond acceptors (Lipinski definition) is 15. The van der Waals surface area contributed by atoms with E-state index in [2.05, 4.69) is 28.4 Å². The van der Waals surface area contributed by atoms with E-state index in [1.54, 1.807) is 0 Å². The summed E-state index contributed by atoms with van der Waals surface area (Å²) in [4.78, 5) is 45.0. The molecular weight excluding hydrogens is 469 g/mol. The van der Waals surface area contributed by atoms with E-state index in [-0.39, 0.29) is 5.56 Å². The van der Waals surface area contributed by atoms with E-state index in [1.165, 1.54) is 0 Å². The maximum Gasteiger partial charge on any atom is 0.760 e. The van der Waals surface area contributed by atoms with Crippen LogP contribution in [0.1, 0.15) is 11.7 Å². The highest BCUT2D eigenvalue weighted by atomic mass is 31.2. The first-order valence-corrected chi connectivity index (χ1v) is 10.5. The van der Waals surface area contributed by atoms with Crippen LogP contribution in [0, 0.1) is 0 Å². The lowest BCUT2D eigenvalue weighted by Crippen LogP contribution is -2.34. The zero-order valence-corrected chi connectivity index (χ0v) is 16.4. The summed E-state index contributed by atoms with van der Waals surface area (Å²) in [7, 11) is -8.89. The molecule has 1 aromatic rings. The molecule has 17 nitrogen and oxygen atoms in total. The number of nitrogens with one attached hydrogen (secondary N) is 2. The topological polar surface area (TPSA) is 249 Å². The van der Waals surface area contributed by atoms with E-state index < -0.39 is 67.7 Å². The first kappa shape index (κ1) is 24.4. The monoisotopic (exact) mass is 483 g/mol. The first-order valence-electron chi connectivity index (χ1n) is 7.15. The fourth-order valence-electron chi connectivity index (χ4n) is 2.07. The van der Waals surface area contributed by atoms with Crippen molar-refractivity contribution in [2.24, 2.45) is 0 Å². The summed E-state index contributed by atoms with van der Waals surface area (Å²) >= 11 is 0. The van der Waals surface area contributed by atoms with Crippen LogP contribution >= 0.6 is 25.5 Å².